The third kappa shape index (κ3) is 2.86. The number of hydrogen-bond donors (Lipinski definition) is 0. The van der Waals surface area contributed by atoms with E-state index in [1.54, 1.807) is 5.20 Å². The molecule has 0 amide bonds. The molecule has 3 aliphatic carbocycles. The predicted octanol–water partition coefficient (Wildman–Crippen LogP) is 5.09. The van der Waals surface area contributed by atoms with Crippen molar-refractivity contribution in [3.05, 3.63) is 21.5 Å². The maximum absolute atomic E-state index is 13.0. The van der Waals surface area contributed by atoms with Gasteiger partial charge in [0.25, 0.3) is 0 Å². The van der Waals surface area contributed by atoms with Crippen molar-refractivity contribution in [1.82, 2.24) is 0 Å². The van der Waals surface area contributed by atoms with E-state index in [0.717, 1.165) is 31.3 Å². The maximum Gasteiger partial charge on any atom is 0.162 e. The molecule has 0 radical (unpaired) electrons. The molecule has 0 bridgehead atoms. The molecule has 0 aliphatic heterocycles. The summed E-state index contributed by atoms with van der Waals surface area (Å²) in [5, 5.41) is 2.89. The first-order valence-electron chi connectivity index (χ1n) is 9.58. The fourth-order valence-corrected chi connectivity index (χ4v) is 10.3. The highest BCUT2D eigenvalue weighted by molar-refractivity contribution is 6.85. The Hall–Kier alpha value is -0.746. The lowest BCUT2D eigenvalue weighted by Crippen LogP contribution is -2.48. The van der Waals surface area contributed by atoms with E-state index in [0.29, 0.717) is 30.3 Å². The zero-order valence-electron chi connectivity index (χ0n) is 16.2. The molecule has 0 aromatic carbocycles. The van der Waals surface area contributed by atoms with Crippen LogP contribution in [0.3, 0.4) is 0 Å². The Kier molecular flexibility index (Phi) is 4.44. The molecule has 0 unspecified atom stereocenters. The van der Waals surface area contributed by atoms with Gasteiger partial charge in [-0.25, -0.2) is 0 Å². The first-order valence-corrected chi connectivity index (χ1v) is 16.6. The van der Waals surface area contributed by atoms with Crippen LogP contribution in [0.4, 0.5) is 0 Å². The van der Waals surface area contributed by atoms with Crippen LogP contribution in [-0.2, 0) is 9.59 Å². The van der Waals surface area contributed by atoms with Crippen LogP contribution in [0.25, 0.3) is 0 Å². The van der Waals surface area contributed by atoms with E-state index in [1.165, 1.54) is 10.8 Å². The van der Waals surface area contributed by atoms with Crippen molar-refractivity contribution >= 4 is 27.7 Å². The first-order chi connectivity index (χ1) is 11.0. The van der Waals surface area contributed by atoms with Crippen LogP contribution in [0, 0.1) is 11.8 Å². The number of allylic oxidation sites excluding steroid dienone is 4. The second kappa shape index (κ2) is 5.91. The van der Waals surface area contributed by atoms with Crippen LogP contribution >= 0.6 is 0 Å². The van der Waals surface area contributed by atoms with Crippen LogP contribution in [0.5, 0.6) is 0 Å². The van der Waals surface area contributed by atoms with E-state index >= 15 is 0 Å². The van der Waals surface area contributed by atoms with Gasteiger partial charge in [0.05, 0.1) is 16.1 Å². The number of carbonyl (C=O) groups excluding carboxylic acids is 2. The SMILES string of the molecule is C[Si](C)(C)C1=C2C(=O)CCCC2=C([Si](C)(C)C)[C@H]2CCCC(=O)[C@@H]12. The van der Waals surface area contributed by atoms with Gasteiger partial charge in [-0.15, -0.1) is 0 Å². The average molecular weight is 361 g/mol. The summed E-state index contributed by atoms with van der Waals surface area (Å²) < 4.78 is 0. The number of rotatable bonds is 2. The van der Waals surface area contributed by atoms with Gasteiger partial charge in [-0.2, -0.15) is 0 Å². The summed E-state index contributed by atoms with van der Waals surface area (Å²) in [6, 6.07) is 0. The van der Waals surface area contributed by atoms with Crippen molar-refractivity contribution in [3.8, 4) is 0 Å². The standard InChI is InChI=1S/C20H32O2Si2/c1-23(2,3)19-13-9-7-11-15(21)17(13)20(24(4,5)6)18-14(19)10-8-12-16(18)22/h13,17H,7-12H2,1-6H3/t13-,17-/m0/s1. The number of Topliss-reactive ketones (excluding diaryl/α,β-unsaturated/α-hetero) is 2. The normalized spacial score (nSPS) is 28.9. The number of carbonyl (C=O) groups is 2. The highest BCUT2D eigenvalue weighted by Crippen LogP contribution is 2.52. The first kappa shape index (κ1) is 18.1. The van der Waals surface area contributed by atoms with Gasteiger partial charge in [0.2, 0.25) is 0 Å². The van der Waals surface area contributed by atoms with E-state index in [2.05, 4.69) is 39.3 Å². The molecule has 2 saturated carbocycles. The summed E-state index contributed by atoms with van der Waals surface area (Å²) in [6.07, 6.45) is 5.63. The average Bonchev–Trinajstić information content (AvgIpc) is 2.43. The summed E-state index contributed by atoms with van der Waals surface area (Å²) in [5.74, 6) is 1.20. The fraction of sp³-hybridized carbons (Fsp3) is 0.700. The van der Waals surface area contributed by atoms with Gasteiger partial charge in [0, 0.05) is 24.3 Å². The third-order valence-corrected chi connectivity index (χ3v) is 10.5. The zero-order valence-corrected chi connectivity index (χ0v) is 18.2. The molecule has 2 nitrogen and oxygen atoms in total. The van der Waals surface area contributed by atoms with Gasteiger partial charge < -0.3 is 0 Å². The van der Waals surface area contributed by atoms with Crippen LogP contribution in [0.2, 0.25) is 39.3 Å². The lowest BCUT2D eigenvalue weighted by Gasteiger charge is -2.48. The Morgan fingerprint density at radius 3 is 2.00 bits per heavy atom. The van der Waals surface area contributed by atoms with Crippen LogP contribution < -0.4 is 0 Å². The van der Waals surface area contributed by atoms with Gasteiger partial charge in [0.1, 0.15) is 5.78 Å². The highest BCUT2D eigenvalue weighted by atomic mass is 28.3. The van der Waals surface area contributed by atoms with Crippen LogP contribution in [-0.4, -0.2) is 27.7 Å². The van der Waals surface area contributed by atoms with E-state index in [-0.39, 0.29) is 5.92 Å². The van der Waals surface area contributed by atoms with Crippen molar-refractivity contribution < 1.29 is 9.59 Å². The van der Waals surface area contributed by atoms with E-state index in [1.807, 2.05) is 0 Å². The van der Waals surface area contributed by atoms with Crippen LogP contribution in [0.1, 0.15) is 38.5 Å². The smallest absolute Gasteiger partial charge is 0.162 e. The largest absolute Gasteiger partial charge is 0.299 e. The quantitative estimate of drug-likeness (QED) is 0.643. The molecule has 0 aromatic heterocycles. The van der Waals surface area contributed by atoms with Crippen molar-refractivity contribution in [3.63, 3.8) is 0 Å². The minimum absolute atomic E-state index is 0.0351. The summed E-state index contributed by atoms with van der Waals surface area (Å²) in [7, 11) is -3.29. The van der Waals surface area contributed by atoms with Gasteiger partial charge in [0.15, 0.2) is 5.78 Å². The lowest BCUT2D eigenvalue weighted by molar-refractivity contribution is -0.124. The summed E-state index contributed by atoms with van der Waals surface area (Å²) in [5.41, 5.74) is 2.45. The van der Waals surface area contributed by atoms with Crippen molar-refractivity contribution in [2.45, 2.75) is 77.8 Å². The van der Waals surface area contributed by atoms with Crippen LogP contribution in [0.15, 0.2) is 21.5 Å². The Labute approximate surface area is 148 Å². The molecule has 3 aliphatic rings. The number of hydrogen-bond acceptors (Lipinski definition) is 2. The second-order valence-electron chi connectivity index (χ2n) is 9.90. The molecule has 132 valence electrons. The van der Waals surface area contributed by atoms with E-state index in [4.69, 9.17) is 0 Å². The zero-order chi connectivity index (χ0) is 17.9. The molecular formula is C20H32O2Si2. The molecule has 0 saturated heterocycles. The molecule has 0 heterocycles. The molecular weight excluding hydrogens is 328 g/mol. The van der Waals surface area contributed by atoms with Crippen molar-refractivity contribution in [2.75, 3.05) is 0 Å². The number of ketones is 2. The molecule has 4 heteroatoms. The Balaban J connectivity index is 2.35. The minimum atomic E-state index is -1.73. The highest BCUT2D eigenvalue weighted by Gasteiger charge is 2.50. The summed E-state index contributed by atoms with van der Waals surface area (Å²) in [4.78, 5) is 26.0. The van der Waals surface area contributed by atoms with Crippen molar-refractivity contribution in [1.29, 1.82) is 0 Å². The van der Waals surface area contributed by atoms with Crippen molar-refractivity contribution in [2.24, 2.45) is 11.8 Å². The molecule has 0 N–H and O–H groups in total. The Morgan fingerprint density at radius 1 is 0.792 bits per heavy atom. The molecule has 24 heavy (non-hydrogen) atoms. The topological polar surface area (TPSA) is 34.1 Å². The maximum atomic E-state index is 13.0. The van der Waals surface area contributed by atoms with Gasteiger partial charge in [-0.05, 0) is 37.2 Å². The molecule has 0 spiro atoms. The predicted molar refractivity (Wildman–Crippen MR) is 105 cm³/mol. The van der Waals surface area contributed by atoms with E-state index in [9.17, 15) is 9.59 Å². The summed E-state index contributed by atoms with van der Waals surface area (Å²) in [6.45, 7) is 14.2. The Bertz CT molecular complexity index is 656. The summed E-state index contributed by atoms with van der Waals surface area (Å²) >= 11 is 0. The Morgan fingerprint density at radius 2 is 1.42 bits per heavy atom. The molecule has 2 fully saturated rings. The van der Waals surface area contributed by atoms with Gasteiger partial charge in [-0.3, -0.25) is 9.59 Å². The number of fused-ring (bicyclic) bond motifs is 2. The van der Waals surface area contributed by atoms with Gasteiger partial charge in [-0.1, -0.05) is 49.7 Å². The fourth-order valence-electron chi connectivity index (χ4n) is 5.37. The minimum Gasteiger partial charge on any atom is -0.299 e. The molecule has 2 atom stereocenters. The lowest BCUT2D eigenvalue weighted by atomic mass is 9.69. The molecule has 0 aromatic rings. The third-order valence-electron chi connectivity index (χ3n) is 5.99. The monoisotopic (exact) mass is 360 g/mol. The second-order valence-corrected chi connectivity index (χ2v) is 20.0. The molecule has 3 rings (SSSR count). The van der Waals surface area contributed by atoms with E-state index < -0.39 is 16.1 Å². The van der Waals surface area contributed by atoms with Gasteiger partial charge >= 0.3 is 0 Å².